The predicted molar refractivity (Wildman–Crippen MR) is 152 cm³/mol. The zero-order valence-electron chi connectivity index (χ0n) is 20.2. The van der Waals surface area contributed by atoms with E-state index in [0.717, 1.165) is 21.5 Å². The van der Waals surface area contributed by atoms with E-state index >= 15 is 0 Å². The summed E-state index contributed by atoms with van der Waals surface area (Å²) in [5.74, 6) is 0.505. The maximum atomic E-state index is 12.9. The lowest BCUT2D eigenvalue weighted by Crippen LogP contribution is -2.33. The number of thiocarbonyl (C=S) groups is 1. The molecule has 7 nitrogen and oxygen atoms in total. The monoisotopic (exact) mass is 575 g/mol. The van der Waals surface area contributed by atoms with Crippen LogP contribution in [0.3, 0.4) is 0 Å². The van der Waals surface area contributed by atoms with E-state index in [-0.39, 0.29) is 24.4 Å². The normalized spacial score (nSPS) is 16.9. The van der Waals surface area contributed by atoms with Gasteiger partial charge in [-0.2, -0.15) is 0 Å². The third-order valence-electron chi connectivity index (χ3n) is 6.35. The molecular formula is C28H26BrN5O2S. The number of hydrogen-bond donors (Lipinski definition) is 2. The van der Waals surface area contributed by atoms with E-state index in [9.17, 15) is 4.79 Å². The second-order valence-corrected chi connectivity index (χ2v) is 9.90. The third kappa shape index (κ3) is 5.38. The summed E-state index contributed by atoms with van der Waals surface area (Å²) in [5, 5.41) is 7.01. The number of para-hydroxylation sites is 2. The van der Waals surface area contributed by atoms with Crippen LogP contribution in [0.4, 0.5) is 5.69 Å². The Morgan fingerprint density at radius 1 is 1.08 bits per heavy atom. The third-order valence-corrected chi connectivity index (χ3v) is 7.23. The highest BCUT2D eigenvalue weighted by Gasteiger charge is 2.41. The standard InChI is InChI=1S/C28H26BrN5O2S/c1-36-24-10-3-2-7-21(24)31-25(35)15-18-34-27(26(32-28(34)37)22-8-4-5-16-30-22)23-9-6-17-33(23)20-13-11-19(29)12-14-20/h2-14,16-17,26-27H,15,18H2,1H3,(H,31,35)(H,32,37)/t26-,27+/m0/s1. The fraction of sp³-hybridized carbons (Fsp3) is 0.179. The molecule has 0 spiro atoms. The molecule has 188 valence electrons. The fourth-order valence-electron chi connectivity index (χ4n) is 4.62. The molecule has 2 N–H and O–H groups in total. The van der Waals surface area contributed by atoms with E-state index in [1.54, 1.807) is 13.3 Å². The molecule has 1 saturated heterocycles. The number of aromatic nitrogens is 2. The number of hydrogen-bond acceptors (Lipinski definition) is 4. The molecule has 0 bridgehead atoms. The van der Waals surface area contributed by atoms with Crippen LogP contribution in [0, 0.1) is 0 Å². The molecule has 5 rings (SSSR count). The number of amides is 1. The minimum absolute atomic E-state index is 0.115. The van der Waals surface area contributed by atoms with Crippen LogP contribution in [-0.4, -0.2) is 39.1 Å². The Morgan fingerprint density at radius 3 is 2.62 bits per heavy atom. The molecular weight excluding hydrogens is 550 g/mol. The van der Waals surface area contributed by atoms with Crippen LogP contribution in [-0.2, 0) is 4.79 Å². The number of rotatable bonds is 8. The smallest absolute Gasteiger partial charge is 0.226 e. The first-order valence-corrected chi connectivity index (χ1v) is 13.1. The zero-order chi connectivity index (χ0) is 25.8. The molecule has 2 aromatic carbocycles. The summed E-state index contributed by atoms with van der Waals surface area (Å²) in [4.78, 5) is 19.6. The molecule has 1 fully saturated rings. The lowest BCUT2D eigenvalue weighted by atomic mass is 10.0. The lowest BCUT2D eigenvalue weighted by molar-refractivity contribution is -0.116. The van der Waals surface area contributed by atoms with Gasteiger partial charge in [0, 0.05) is 41.2 Å². The van der Waals surface area contributed by atoms with Gasteiger partial charge >= 0.3 is 0 Å². The van der Waals surface area contributed by atoms with Crippen molar-refractivity contribution in [3.8, 4) is 11.4 Å². The van der Waals surface area contributed by atoms with Gasteiger partial charge in [0.1, 0.15) is 5.75 Å². The number of methoxy groups -OCH3 is 1. The van der Waals surface area contributed by atoms with Gasteiger partial charge in [0.25, 0.3) is 0 Å². The number of benzene rings is 2. The number of carbonyl (C=O) groups is 1. The Morgan fingerprint density at radius 2 is 1.86 bits per heavy atom. The zero-order valence-corrected chi connectivity index (χ0v) is 22.6. The van der Waals surface area contributed by atoms with Crippen LogP contribution in [0.1, 0.15) is 29.9 Å². The average molecular weight is 577 g/mol. The fourth-order valence-corrected chi connectivity index (χ4v) is 5.22. The second-order valence-electron chi connectivity index (χ2n) is 8.60. The van der Waals surface area contributed by atoms with Gasteiger partial charge in [-0.1, -0.05) is 34.1 Å². The van der Waals surface area contributed by atoms with Crippen LogP contribution >= 0.6 is 28.1 Å². The molecule has 4 aromatic rings. The molecule has 0 aliphatic carbocycles. The van der Waals surface area contributed by atoms with E-state index in [1.165, 1.54) is 0 Å². The minimum Gasteiger partial charge on any atom is -0.495 e. The summed E-state index contributed by atoms with van der Waals surface area (Å²) in [6.07, 6.45) is 4.08. The minimum atomic E-state index is -0.171. The van der Waals surface area contributed by atoms with Crippen molar-refractivity contribution in [2.24, 2.45) is 0 Å². The summed E-state index contributed by atoms with van der Waals surface area (Å²) >= 11 is 9.31. The molecule has 1 aliphatic heterocycles. The van der Waals surface area contributed by atoms with Crippen LogP contribution < -0.4 is 15.4 Å². The van der Waals surface area contributed by atoms with E-state index in [1.807, 2.05) is 66.9 Å². The summed E-state index contributed by atoms with van der Waals surface area (Å²) < 4.78 is 8.54. The molecule has 0 saturated carbocycles. The number of carbonyl (C=O) groups excluding carboxylic acids is 1. The summed E-state index contributed by atoms with van der Waals surface area (Å²) in [7, 11) is 1.59. The largest absolute Gasteiger partial charge is 0.495 e. The topological polar surface area (TPSA) is 71.4 Å². The molecule has 2 atom stereocenters. The first-order valence-electron chi connectivity index (χ1n) is 11.9. The Labute approximate surface area is 229 Å². The molecule has 0 unspecified atom stereocenters. The summed E-state index contributed by atoms with van der Waals surface area (Å²) in [6, 6.07) is 25.2. The van der Waals surface area contributed by atoms with E-state index < -0.39 is 0 Å². The van der Waals surface area contributed by atoms with Crippen molar-refractivity contribution in [3.63, 3.8) is 0 Å². The number of nitrogens with one attached hydrogen (secondary N) is 2. The highest BCUT2D eigenvalue weighted by Crippen LogP contribution is 2.39. The maximum absolute atomic E-state index is 12.9. The highest BCUT2D eigenvalue weighted by atomic mass is 79.9. The number of ether oxygens (including phenoxy) is 1. The van der Waals surface area contributed by atoms with Crippen molar-refractivity contribution >= 4 is 44.9 Å². The van der Waals surface area contributed by atoms with E-state index in [4.69, 9.17) is 17.0 Å². The maximum Gasteiger partial charge on any atom is 0.226 e. The Kier molecular flexibility index (Phi) is 7.52. The number of nitrogens with zero attached hydrogens (tertiary/aromatic N) is 3. The molecule has 2 aromatic heterocycles. The summed E-state index contributed by atoms with van der Waals surface area (Å²) in [5.41, 5.74) is 3.62. The van der Waals surface area contributed by atoms with Gasteiger partial charge in [0.05, 0.1) is 30.6 Å². The molecule has 37 heavy (non-hydrogen) atoms. The molecule has 9 heteroatoms. The van der Waals surface area contributed by atoms with Gasteiger partial charge in [-0.3, -0.25) is 9.78 Å². The predicted octanol–water partition coefficient (Wildman–Crippen LogP) is 5.64. The number of pyridine rings is 1. The van der Waals surface area contributed by atoms with E-state index in [2.05, 4.69) is 59.2 Å². The highest BCUT2D eigenvalue weighted by molar-refractivity contribution is 9.10. The van der Waals surface area contributed by atoms with Gasteiger partial charge in [-0.05, 0) is 72.9 Å². The van der Waals surface area contributed by atoms with Crippen LogP contribution in [0.5, 0.6) is 5.75 Å². The van der Waals surface area contributed by atoms with Crippen LogP contribution in [0.15, 0.2) is 95.7 Å². The molecule has 1 aliphatic rings. The van der Waals surface area contributed by atoms with Crippen LogP contribution in [0.25, 0.3) is 5.69 Å². The van der Waals surface area contributed by atoms with Crippen molar-refractivity contribution in [1.29, 1.82) is 0 Å². The average Bonchev–Trinajstić information content (AvgIpc) is 3.53. The van der Waals surface area contributed by atoms with Gasteiger partial charge in [0.15, 0.2) is 5.11 Å². The van der Waals surface area contributed by atoms with Crippen molar-refractivity contribution in [2.45, 2.75) is 18.5 Å². The quantitative estimate of drug-likeness (QED) is 0.265. The van der Waals surface area contributed by atoms with Crippen molar-refractivity contribution < 1.29 is 9.53 Å². The second kappa shape index (κ2) is 11.1. The molecule has 3 heterocycles. The van der Waals surface area contributed by atoms with Gasteiger partial charge in [-0.15, -0.1) is 0 Å². The Hall–Kier alpha value is -3.69. The van der Waals surface area contributed by atoms with E-state index in [0.29, 0.717) is 23.1 Å². The SMILES string of the molecule is COc1ccccc1NC(=O)CCN1C(=S)N[C@@H](c2ccccn2)[C@H]1c1cccn1-c1ccc(Br)cc1. The lowest BCUT2D eigenvalue weighted by Gasteiger charge is -2.29. The van der Waals surface area contributed by atoms with Crippen molar-refractivity contribution in [1.82, 2.24) is 19.8 Å². The Balaban J connectivity index is 1.43. The molecule has 0 radical (unpaired) electrons. The number of anilines is 1. The molecule has 1 amide bonds. The first kappa shape index (κ1) is 25.0. The first-order chi connectivity index (χ1) is 18.0. The number of halogens is 1. The Bertz CT molecular complexity index is 1390. The van der Waals surface area contributed by atoms with Crippen molar-refractivity contribution in [2.75, 3.05) is 19.0 Å². The van der Waals surface area contributed by atoms with Gasteiger partial charge in [0.2, 0.25) is 5.91 Å². The van der Waals surface area contributed by atoms with Gasteiger partial charge in [-0.25, -0.2) is 0 Å². The van der Waals surface area contributed by atoms with Crippen LogP contribution in [0.2, 0.25) is 0 Å². The van der Waals surface area contributed by atoms with Gasteiger partial charge < -0.3 is 24.8 Å². The van der Waals surface area contributed by atoms with Crippen molar-refractivity contribution in [3.05, 3.63) is 107 Å². The summed E-state index contributed by atoms with van der Waals surface area (Å²) in [6.45, 7) is 0.437.